The van der Waals surface area contributed by atoms with Crippen molar-refractivity contribution >= 4 is 15.9 Å². The molecule has 0 spiro atoms. The van der Waals surface area contributed by atoms with Crippen LogP contribution in [-0.4, -0.2) is 12.7 Å². The minimum absolute atomic E-state index is 0.0442. The molecule has 1 aliphatic rings. The molecule has 0 aliphatic heterocycles. The van der Waals surface area contributed by atoms with Crippen molar-refractivity contribution in [1.82, 2.24) is 0 Å². The Morgan fingerprint density at radius 3 is 2.44 bits per heavy atom. The minimum atomic E-state index is -0.187. The monoisotopic (exact) mass is 286 g/mol. The van der Waals surface area contributed by atoms with Gasteiger partial charge in [-0.1, -0.05) is 28.1 Å². The Balaban J connectivity index is 2.02. The molecule has 0 bridgehead atoms. The second kappa shape index (κ2) is 4.84. The van der Waals surface area contributed by atoms with E-state index in [9.17, 15) is 4.39 Å². The number of halogens is 2. The smallest absolute Gasteiger partial charge is 0.123 e. The van der Waals surface area contributed by atoms with Crippen molar-refractivity contribution in [3.8, 4) is 0 Å². The van der Waals surface area contributed by atoms with Gasteiger partial charge in [0.15, 0.2) is 0 Å². The number of hydrogen-bond donors (Lipinski definition) is 0. The first-order chi connectivity index (χ1) is 7.65. The summed E-state index contributed by atoms with van der Waals surface area (Å²) < 4.78 is 18.4. The third-order valence-corrected chi connectivity index (χ3v) is 4.33. The number of alkyl halides is 1. The normalized spacial score (nSPS) is 20.2. The van der Waals surface area contributed by atoms with Crippen LogP contribution in [0, 0.1) is 5.82 Å². The van der Waals surface area contributed by atoms with E-state index < -0.39 is 0 Å². The van der Waals surface area contributed by atoms with E-state index in [1.165, 1.54) is 18.6 Å². The first-order valence-electron chi connectivity index (χ1n) is 5.60. The third-order valence-electron chi connectivity index (χ3n) is 3.48. The summed E-state index contributed by atoms with van der Waals surface area (Å²) >= 11 is 3.66. The zero-order chi connectivity index (χ0) is 11.6. The highest BCUT2D eigenvalue weighted by Gasteiger charge is 2.38. The van der Waals surface area contributed by atoms with Gasteiger partial charge in [0.05, 0.1) is 5.60 Å². The van der Waals surface area contributed by atoms with Crippen molar-refractivity contribution in [2.45, 2.75) is 36.1 Å². The summed E-state index contributed by atoms with van der Waals surface area (Å²) in [6.45, 7) is 0. The van der Waals surface area contributed by atoms with Crippen molar-refractivity contribution in [3.05, 3.63) is 35.6 Å². The van der Waals surface area contributed by atoms with E-state index >= 15 is 0 Å². The van der Waals surface area contributed by atoms with Crippen LogP contribution < -0.4 is 0 Å². The van der Waals surface area contributed by atoms with E-state index in [-0.39, 0.29) is 16.2 Å². The van der Waals surface area contributed by atoms with Gasteiger partial charge in [0, 0.05) is 11.9 Å². The molecule has 16 heavy (non-hydrogen) atoms. The fourth-order valence-corrected chi connectivity index (χ4v) is 3.07. The predicted molar refractivity (Wildman–Crippen MR) is 66.3 cm³/mol. The summed E-state index contributed by atoms with van der Waals surface area (Å²) in [6, 6.07) is 6.67. The fourth-order valence-electron chi connectivity index (χ4n) is 2.18. The van der Waals surface area contributed by atoms with Crippen LogP contribution >= 0.6 is 15.9 Å². The highest BCUT2D eigenvalue weighted by molar-refractivity contribution is 9.09. The molecule has 0 heterocycles. The van der Waals surface area contributed by atoms with Crippen molar-refractivity contribution < 1.29 is 9.13 Å². The number of ether oxygens (including phenoxy) is 1. The van der Waals surface area contributed by atoms with Crippen LogP contribution in [0.3, 0.4) is 0 Å². The largest absolute Gasteiger partial charge is 0.378 e. The lowest BCUT2D eigenvalue weighted by Gasteiger charge is -2.42. The molecule has 0 amide bonds. The lowest BCUT2D eigenvalue weighted by Crippen LogP contribution is -2.39. The van der Waals surface area contributed by atoms with Crippen molar-refractivity contribution in [1.29, 1.82) is 0 Å². The Hall–Kier alpha value is -0.410. The Morgan fingerprint density at radius 1 is 1.38 bits per heavy atom. The van der Waals surface area contributed by atoms with Gasteiger partial charge in [-0.2, -0.15) is 0 Å². The Labute approximate surface area is 104 Å². The molecule has 0 aromatic heterocycles. The number of hydrogen-bond acceptors (Lipinski definition) is 1. The summed E-state index contributed by atoms with van der Waals surface area (Å²) in [5, 5.41) is 0. The molecule has 0 saturated heterocycles. The van der Waals surface area contributed by atoms with Crippen molar-refractivity contribution in [2.24, 2.45) is 0 Å². The molecule has 1 nitrogen and oxygen atoms in total. The molecule has 1 saturated carbocycles. The molecule has 0 N–H and O–H groups in total. The van der Waals surface area contributed by atoms with Crippen LogP contribution in [-0.2, 0) is 4.74 Å². The number of rotatable bonds is 4. The van der Waals surface area contributed by atoms with E-state index in [0.29, 0.717) is 0 Å². The van der Waals surface area contributed by atoms with Gasteiger partial charge in [-0.25, -0.2) is 4.39 Å². The second-order valence-corrected chi connectivity index (χ2v) is 5.57. The van der Waals surface area contributed by atoms with Crippen LogP contribution in [0.2, 0.25) is 0 Å². The van der Waals surface area contributed by atoms with Gasteiger partial charge < -0.3 is 4.74 Å². The molecular weight excluding hydrogens is 271 g/mol. The summed E-state index contributed by atoms with van der Waals surface area (Å²) in [5.41, 5.74) is 1.16. The summed E-state index contributed by atoms with van der Waals surface area (Å²) in [5.74, 6) is -0.187. The molecule has 1 aliphatic carbocycles. The van der Waals surface area contributed by atoms with E-state index in [0.717, 1.165) is 24.8 Å². The highest BCUT2D eigenvalue weighted by atomic mass is 79.9. The Bertz CT molecular complexity index is 340. The van der Waals surface area contributed by atoms with Crippen LogP contribution in [0.25, 0.3) is 0 Å². The van der Waals surface area contributed by atoms with Gasteiger partial charge in [0.2, 0.25) is 0 Å². The van der Waals surface area contributed by atoms with E-state index in [2.05, 4.69) is 15.9 Å². The van der Waals surface area contributed by atoms with Crippen molar-refractivity contribution in [2.75, 3.05) is 7.11 Å². The molecule has 1 aromatic carbocycles. The maximum absolute atomic E-state index is 12.8. The lowest BCUT2D eigenvalue weighted by molar-refractivity contribution is -0.0773. The second-order valence-electron chi connectivity index (χ2n) is 4.46. The van der Waals surface area contributed by atoms with Crippen LogP contribution in [0.5, 0.6) is 0 Å². The zero-order valence-corrected chi connectivity index (χ0v) is 11.0. The predicted octanol–water partition coefficient (Wildman–Crippen LogP) is 4.22. The molecule has 1 fully saturated rings. The fraction of sp³-hybridized carbons (Fsp3) is 0.538. The average molecular weight is 287 g/mol. The van der Waals surface area contributed by atoms with Gasteiger partial charge in [0.1, 0.15) is 5.82 Å². The number of benzene rings is 1. The first kappa shape index (κ1) is 12.1. The molecule has 1 atom stereocenters. The highest BCUT2D eigenvalue weighted by Crippen LogP contribution is 2.44. The van der Waals surface area contributed by atoms with E-state index in [4.69, 9.17) is 4.74 Å². The quantitative estimate of drug-likeness (QED) is 0.753. The minimum Gasteiger partial charge on any atom is -0.378 e. The van der Waals surface area contributed by atoms with E-state index in [1.807, 2.05) is 12.1 Å². The Kier molecular flexibility index (Phi) is 3.65. The van der Waals surface area contributed by atoms with Crippen LogP contribution in [0.4, 0.5) is 4.39 Å². The van der Waals surface area contributed by atoms with Gasteiger partial charge >= 0.3 is 0 Å². The number of methoxy groups -OCH3 is 1. The molecule has 88 valence electrons. The maximum Gasteiger partial charge on any atom is 0.123 e. The first-order valence-corrected chi connectivity index (χ1v) is 6.51. The van der Waals surface area contributed by atoms with Gasteiger partial charge in [-0.3, -0.25) is 0 Å². The Morgan fingerprint density at radius 2 is 2.00 bits per heavy atom. The van der Waals surface area contributed by atoms with Crippen LogP contribution in [0.1, 0.15) is 36.1 Å². The molecule has 1 unspecified atom stereocenters. The van der Waals surface area contributed by atoms with Gasteiger partial charge in [-0.15, -0.1) is 0 Å². The summed E-state index contributed by atoms with van der Waals surface area (Å²) in [7, 11) is 1.78. The summed E-state index contributed by atoms with van der Waals surface area (Å²) in [4.78, 5) is 0.244. The third kappa shape index (κ3) is 2.46. The molecule has 3 heteroatoms. The van der Waals surface area contributed by atoms with Crippen LogP contribution in [0.15, 0.2) is 24.3 Å². The summed E-state index contributed by atoms with van der Waals surface area (Å²) in [6.07, 6.45) is 4.46. The molecule has 1 aromatic rings. The van der Waals surface area contributed by atoms with Gasteiger partial charge in [0.25, 0.3) is 0 Å². The van der Waals surface area contributed by atoms with E-state index in [1.54, 1.807) is 7.11 Å². The molecule has 2 rings (SSSR count). The standard InChI is InChI=1S/C13H16BrFO/c1-16-13(7-2-8-13)9-12(14)10-3-5-11(15)6-4-10/h3-6,12H,2,7-9H2,1H3. The topological polar surface area (TPSA) is 9.23 Å². The lowest BCUT2D eigenvalue weighted by atomic mass is 9.76. The molecular formula is C13H16BrFO. The SMILES string of the molecule is COC1(CC(Br)c2ccc(F)cc2)CCC1. The average Bonchev–Trinajstić information content (AvgIpc) is 2.24. The van der Waals surface area contributed by atoms with Crippen molar-refractivity contribution in [3.63, 3.8) is 0 Å². The maximum atomic E-state index is 12.8. The molecule has 0 radical (unpaired) electrons. The zero-order valence-electron chi connectivity index (χ0n) is 9.38. The van der Waals surface area contributed by atoms with Gasteiger partial charge in [-0.05, 0) is 43.4 Å².